The first-order chi connectivity index (χ1) is 7.90. The molecule has 1 rings (SSSR count). The maximum absolute atomic E-state index is 11.8. The third-order valence-electron chi connectivity index (χ3n) is 2.25. The normalized spacial score (nSPS) is 14.2. The Kier molecular flexibility index (Phi) is 5.42. The molecule has 0 aromatic carbocycles. The largest absolute Gasteiger partial charge is 0.522 e. The first-order valence-electron chi connectivity index (χ1n) is 5.37. The summed E-state index contributed by atoms with van der Waals surface area (Å²) in [4.78, 5) is 1.13. The fraction of sp³-hybridized carbons (Fsp3) is 0.636. The van der Waals surface area contributed by atoms with Crippen molar-refractivity contribution in [3.63, 3.8) is 0 Å². The van der Waals surface area contributed by atoms with Gasteiger partial charge in [0.05, 0.1) is 6.61 Å². The molecule has 98 valence electrons. The Balaban J connectivity index is 2.37. The van der Waals surface area contributed by atoms with Crippen LogP contribution in [0.15, 0.2) is 17.5 Å². The number of thiophene rings is 1. The van der Waals surface area contributed by atoms with Crippen molar-refractivity contribution in [3.8, 4) is 0 Å². The highest BCUT2D eigenvalue weighted by Gasteiger charge is 2.28. The van der Waals surface area contributed by atoms with Gasteiger partial charge in [-0.3, -0.25) is 4.74 Å². The number of hydrogen-bond donors (Lipinski definition) is 1. The molecule has 1 N–H and O–H groups in total. The van der Waals surface area contributed by atoms with Crippen LogP contribution in [0.4, 0.5) is 13.2 Å². The summed E-state index contributed by atoms with van der Waals surface area (Å²) in [5, 5.41) is 5.04. The van der Waals surface area contributed by atoms with Crippen LogP contribution in [0.25, 0.3) is 0 Å². The van der Waals surface area contributed by atoms with Crippen molar-refractivity contribution in [1.82, 2.24) is 5.32 Å². The molecule has 17 heavy (non-hydrogen) atoms. The van der Waals surface area contributed by atoms with E-state index in [2.05, 4.69) is 10.1 Å². The Morgan fingerprint density at radius 1 is 1.41 bits per heavy atom. The van der Waals surface area contributed by atoms with E-state index in [0.29, 0.717) is 5.92 Å². The Hall–Kier alpha value is -0.590. The van der Waals surface area contributed by atoms with Crippen molar-refractivity contribution in [1.29, 1.82) is 0 Å². The number of hydrogen-bond acceptors (Lipinski definition) is 3. The maximum atomic E-state index is 11.8. The zero-order chi connectivity index (χ0) is 12.9. The summed E-state index contributed by atoms with van der Waals surface area (Å²) in [5.41, 5.74) is 0. The predicted molar refractivity (Wildman–Crippen MR) is 61.9 cm³/mol. The molecule has 0 aliphatic carbocycles. The van der Waals surface area contributed by atoms with Crippen LogP contribution < -0.4 is 5.32 Å². The zero-order valence-electron chi connectivity index (χ0n) is 9.75. The highest BCUT2D eigenvalue weighted by molar-refractivity contribution is 7.10. The van der Waals surface area contributed by atoms with Crippen LogP contribution in [-0.4, -0.2) is 19.5 Å². The lowest BCUT2D eigenvalue weighted by atomic mass is 10.0. The molecule has 1 heterocycles. The molecular formula is C11H16F3NOS. The highest BCUT2D eigenvalue weighted by atomic mass is 32.1. The van der Waals surface area contributed by atoms with E-state index in [9.17, 15) is 13.2 Å². The van der Waals surface area contributed by atoms with Gasteiger partial charge in [-0.25, -0.2) is 0 Å². The fourth-order valence-electron chi connectivity index (χ4n) is 1.51. The third kappa shape index (κ3) is 5.52. The average Bonchev–Trinajstić information content (AvgIpc) is 2.68. The molecule has 0 saturated heterocycles. The van der Waals surface area contributed by atoms with E-state index in [4.69, 9.17) is 0 Å². The van der Waals surface area contributed by atoms with E-state index in [1.54, 1.807) is 11.3 Å². The highest BCUT2D eigenvalue weighted by Crippen LogP contribution is 2.25. The Labute approximate surface area is 103 Å². The molecule has 6 heteroatoms. The summed E-state index contributed by atoms with van der Waals surface area (Å²) in [7, 11) is 0. The van der Waals surface area contributed by atoms with E-state index in [-0.39, 0.29) is 19.2 Å². The molecule has 0 bridgehead atoms. The van der Waals surface area contributed by atoms with Gasteiger partial charge >= 0.3 is 6.36 Å². The van der Waals surface area contributed by atoms with Gasteiger partial charge < -0.3 is 5.32 Å². The zero-order valence-corrected chi connectivity index (χ0v) is 10.6. The molecule has 0 aliphatic rings. The molecule has 0 radical (unpaired) electrons. The average molecular weight is 267 g/mol. The number of ether oxygens (including phenoxy) is 1. The minimum Gasteiger partial charge on any atom is -0.307 e. The summed E-state index contributed by atoms with van der Waals surface area (Å²) in [6.45, 7) is 3.88. The number of halogens is 3. The lowest BCUT2D eigenvalue weighted by molar-refractivity contribution is -0.323. The van der Waals surface area contributed by atoms with Crippen molar-refractivity contribution in [3.05, 3.63) is 22.4 Å². The topological polar surface area (TPSA) is 21.3 Å². The number of nitrogens with one attached hydrogen (secondary N) is 1. The van der Waals surface area contributed by atoms with E-state index in [0.717, 1.165) is 4.88 Å². The molecule has 1 aromatic rings. The molecule has 0 fully saturated rings. The van der Waals surface area contributed by atoms with Gasteiger partial charge in [-0.1, -0.05) is 19.9 Å². The molecule has 0 spiro atoms. The predicted octanol–water partition coefficient (Wildman–Crippen LogP) is 3.57. The van der Waals surface area contributed by atoms with E-state index in [1.807, 2.05) is 31.4 Å². The molecule has 1 unspecified atom stereocenters. The van der Waals surface area contributed by atoms with Gasteiger partial charge in [0.2, 0.25) is 0 Å². The van der Waals surface area contributed by atoms with Crippen molar-refractivity contribution >= 4 is 11.3 Å². The third-order valence-corrected chi connectivity index (χ3v) is 3.20. The summed E-state index contributed by atoms with van der Waals surface area (Å²) >= 11 is 1.60. The summed E-state index contributed by atoms with van der Waals surface area (Å²) in [6, 6.07) is 3.99. The van der Waals surface area contributed by atoms with Crippen LogP contribution in [0.2, 0.25) is 0 Å². The van der Waals surface area contributed by atoms with Gasteiger partial charge in [0.25, 0.3) is 0 Å². The summed E-state index contributed by atoms with van der Waals surface area (Å²) in [6.07, 6.45) is -4.54. The van der Waals surface area contributed by atoms with E-state index in [1.165, 1.54) is 0 Å². The van der Waals surface area contributed by atoms with E-state index < -0.39 is 6.36 Å². The molecule has 0 amide bonds. The smallest absolute Gasteiger partial charge is 0.307 e. The fourth-order valence-corrected chi connectivity index (χ4v) is 2.49. The van der Waals surface area contributed by atoms with Gasteiger partial charge in [-0.2, -0.15) is 0 Å². The minimum absolute atomic E-state index is 0.0758. The van der Waals surface area contributed by atoms with Crippen LogP contribution in [0.1, 0.15) is 24.8 Å². The minimum atomic E-state index is -4.54. The van der Waals surface area contributed by atoms with Gasteiger partial charge in [-0.05, 0) is 17.4 Å². The van der Waals surface area contributed by atoms with Crippen molar-refractivity contribution in [2.24, 2.45) is 5.92 Å². The molecule has 0 aliphatic heterocycles. The SMILES string of the molecule is CC(C)C(NCCOC(F)(F)F)c1cccs1. The van der Waals surface area contributed by atoms with Crippen LogP contribution in [0.3, 0.4) is 0 Å². The Bertz CT molecular complexity index is 311. The second kappa shape index (κ2) is 6.37. The monoisotopic (exact) mass is 267 g/mol. The Morgan fingerprint density at radius 2 is 2.12 bits per heavy atom. The van der Waals surface area contributed by atoms with Gasteiger partial charge in [0.1, 0.15) is 0 Å². The maximum Gasteiger partial charge on any atom is 0.522 e. The van der Waals surface area contributed by atoms with Crippen LogP contribution >= 0.6 is 11.3 Å². The molecule has 1 atom stereocenters. The van der Waals surface area contributed by atoms with Gasteiger partial charge in [0, 0.05) is 17.5 Å². The lowest BCUT2D eigenvalue weighted by Gasteiger charge is -2.21. The molecule has 0 saturated carbocycles. The van der Waals surface area contributed by atoms with E-state index >= 15 is 0 Å². The second-order valence-corrected chi connectivity index (χ2v) is 4.96. The van der Waals surface area contributed by atoms with Crippen LogP contribution in [0.5, 0.6) is 0 Å². The Morgan fingerprint density at radius 3 is 2.59 bits per heavy atom. The van der Waals surface area contributed by atoms with Crippen molar-refractivity contribution in [2.75, 3.05) is 13.2 Å². The van der Waals surface area contributed by atoms with Crippen LogP contribution in [0, 0.1) is 5.92 Å². The standard InChI is InChI=1S/C11H16F3NOS/c1-8(2)10(9-4-3-7-17-9)15-5-6-16-11(12,13)14/h3-4,7-8,10,15H,5-6H2,1-2H3. The summed E-state index contributed by atoms with van der Waals surface area (Å²) < 4.78 is 39.0. The van der Waals surface area contributed by atoms with Gasteiger partial charge in [0.15, 0.2) is 0 Å². The second-order valence-electron chi connectivity index (χ2n) is 3.99. The first kappa shape index (κ1) is 14.5. The van der Waals surface area contributed by atoms with Gasteiger partial charge in [-0.15, -0.1) is 24.5 Å². The first-order valence-corrected chi connectivity index (χ1v) is 6.25. The molecular weight excluding hydrogens is 251 g/mol. The molecule has 1 aromatic heterocycles. The van der Waals surface area contributed by atoms with Crippen LogP contribution in [-0.2, 0) is 4.74 Å². The molecule has 2 nitrogen and oxygen atoms in total. The van der Waals surface area contributed by atoms with Crippen molar-refractivity contribution < 1.29 is 17.9 Å². The quantitative estimate of drug-likeness (QED) is 0.796. The van der Waals surface area contributed by atoms with Crippen molar-refractivity contribution in [2.45, 2.75) is 26.3 Å². The summed E-state index contributed by atoms with van der Waals surface area (Å²) in [5.74, 6) is 0.319. The number of rotatable bonds is 6. The number of alkyl halides is 3. The lowest BCUT2D eigenvalue weighted by Crippen LogP contribution is -2.30.